The Labute approximate surface area is 187 Å². The van der Waals surface area contributed by atoms with Gasteiger partial charge in [-0.2, -0.15) is 0 Å². The van der Waals surface area contributed by atoms with Crippen molar-refractivity contribution >= 4 is 22.0 Å². The van der Waals surface area contributed by atoms with E-state index in [9.17, 15) is 4.79 Å². The molecular formula is C25H28BrNO3. The first kappa shape index (κ1) is 22.2. The molecule has 0 atom stereocenters. The van der Waals surface area contributed by atoms with E-state index in [1.807, 2.05) is 69.3 Å². The molecule has 0 N–H and O–H groups in total. The Balaban J connectivity index is 1.62. The summed E-state index contributed by atoms with van der Waals surface area (Å²) in [5.41, 5.74) is 1.51. The smallest absolute Gasteiger partial charge is 0.410 e. The van der Waals surface area contributed by atoms with Crippen LogP contribution in [-0.4, -0.2) is 29.7 Å². The van der Waals surface area contributed by atoms with Crippen LogP contribution in [0.25, 0.3) is 0 Å². The lowest BCUT2D eigenvalue weighted by Gasteiger charge is -2.31. The van der Waals surface area contributed by atoms with E-state index in [1.165, 1.54) is 0 Å². The average Bonchev–Trinajstić information content (AvgIpc) is 2.71. The first-order chi connectivity index (χ1) is 14.3. The summed E-state index contributed by atoms with van der Waals surface area (Å²) in [6, 6.07) is 16.0. The summed E-state index contributed by atoms with van der Waals surface area (Å²) in [6.07, 6.45) is 1.45. The van der Waals surface area contributed by atoms with Crippen LogP contribution in [0.2, 0.25) is 0 Å². The number of carbonyl (C=O) groups is 1. The van der Waals surface area contributed by atoms with Crippen molar-refractivity contribution in [3.05, 3.63) is 64.1 Å². The third kappa shape index (κ3) is 6.53. The number of ether oxygens (including phenoxy) is 2. The van der Waals surface area contributed by atoms with Crippen LogP contribution >= 0.6 is 15.9 Å². The Hall–Kier alpha value is -2.45. The van der Waals surface area contributed by atoms with E-state index in [4.69, 9.17) is 9.47 Å². The normalized spacial score (nSPS) is 14.6. The van der Waals surface area contributed by atoms with E-state index in [1.54, 1.807) is 4.90 Å². The van der Waals surface area contributed by atoms with Gasteiger partial charge in [-0.05, 0) is 67.2 Å². The zero-order chi connectivity index (χ0) is 21.6. The summed E-state index contributed by atoms with van der Waals surface area (Å²) in [6.45, 7) is 7.50. The number of likely N-dealkylation sites (tertiary alicyclic amines) is 1. The molecule has 0 saturated carbocycles. The second-order valence-electron chi connectivity index (χ2n) is 8.40. The van der Waals surface area contributed by atoms with Crippen LogP contribution in [0.15, 0.2) is 53.0 Å². The lowest BCUT2D eigenvalue weighted by molar-refractivity contribution is 0.0199. The molecule has 3 rings (SSSR count). The summed E-state index contributed by atoms with van der Waals surface area (Å²) in [4.78, 5) is 14.0. The molecule has 0 unspecified atom stereocenters. The molecule has 158 valence electrons. The van der Waals surface area contributed by atoms with Crippen LogP contribution in [0.5, 0.6) is 5.75 Å². The molecule has 1 heterocycles. The number of hydrogen-bond donors (Lipinski definition) is 0. The van der Waals surface area contributed by atoms with Crippen LogP contribution < -0.4 is 4.74 Å². The molecule has 1 aliphatic rings. The second kappa shape index (κ2) is 10.0. The van der Waals surface area contributed by atoms with Gasteiger partial charge in [-0.25, -0.2) is 4.79 Å². The van der Waals surface area contributed by atoms with Gasteiger partial charge in [0, 0.05) is 23.5 Å². The number of nitrogens with zero attached hydrogens (tertiary/aromatic N) is 1. The van der Waals surface area contributed by atoms with Crippen LogP contribution in [0.4, 0.5) is 4.79 Å². The highest BCUT2D eigenvalue weighted by Gasteiger charge is 2.26. The van der Waals surface area contributed by atoms with Gasteiger partial charge in [0.15, 0.2) is 0 Å². The quantitative estimate of drug-likeness (QED) is 0.515. The van der Waals surface area contributed by atoms with Gasteiger partial charge in [-0.15, -0.1) is 0 Å². The topological polar surface area (TPSA) is 38.8 Å². The molecule has 0 aliphatic carbocycles. The van der Waals surface area contributed by atoms with Crippen molar-refractivity contribution in [2.45, 2.75) is 45.8 Å². The van der Waals surface area contributed by atoms with Gasteiger partial charge in [0.2, 0.25) is 0 Å². The van der Waals surface area contributed by atoms with Crippen molar-refractivity contribution in [3.8, 4) is 17.6 Å². The molecule has 2 aromatic rings. The molecule has 1 aliphatic heterocycles. The monoisotopic (exact) mass is 469 g/mol. The third-order valence-corrected chi connectivity index (χ3v) is 5.42. The summed E-state index contributed by atoms with van der Waals surface area (Å²) in [7, 11) is 0. The fourth-order valence-electron chi connectivity index (χ4n) is 3.19. The van der Waals surface area contributed by atoms with Gasteiger partial charge in [-0.1, -0.05) is 48.2 Å². The largest absolute Gasteiger partial charge is 0.488 e. The first-order valence-electron chi connectivity index (χ1n) is 10.3. The highest BCUT2D eigenvalue weighted by atomic mass is 79.9. The maximum Gasteiger partial charge on any atom is 0.410 e. The molecule has 4 nitrogen and oxygen atoms in total. The molecule has 2 aromatic carbocycles. The summed E-state index contributed by atoms with van der Waals surface area (Å²) >= 11 is 3.60. The van der Waals surface area contributed by atoms with Crippen molar-refractivity contribution in [1.82, 2.24) is 4.90 Å². The van der Waals surface area contributed by atoms with E-state index >= 15 is 0 Å². The Morgan fingerprint density at radius 1 is 1.10 bits per heavy atom. The highest BCUT2D eigenvalue weighted by Crippen LogP contribution is 2.27. The van der Waals surface area contributed by atoms with Crippen molar-refractivity contribution in [2.75, 3.05) is 13.1 Å². The molecule has 1 amide bonds. The standard InChI is InChI=1S/C25H28BrNO3/c1-25(2,3)30-24(28)27-16-14-19(15-17-27)12-13-21-22(26)10-7-11-23(21)29-18-20-8-5-4-6-9-20/h4-11,19H,14-18H2,1-3H3. The van der Waals surface area contributed by atoms with Crippen LogP contribution in [0.1, 0.15) is 44.7 Å². The SMILES string of the molecule is CC(C)(C)OC(=O)N1CCC(C#Cc2c(Br)cccc2OCc2ccccc2)CC1. The van der Waals surface area contributed by atoms with Crippen LogP contribution in [-0.2, 0) is 11.3 Å². The Kier molecular flexibility index (Phi) is 7.44. The molecule has 30 heavy (non-hydrogen) atoms. The third-order valence-electron chi connectivity index (χ3n) is 4.76. The molecule has 1 fully saturated rings. The number of piperidine rings is 1. The Morgan fingerprint density at radius 2 is 1.80 bits per heavy atom. The van der Waals surface area contributed by atoms with E-state index in [0.717, 1.165) is 34.2 Å². The molecule has 1 saturated heterocycles. The van der Waals surface area contributed by atoms with E-state index in [0.29, 0.717) is 19.7 Å². The second-order valence-corrected chi connectivity index (χ2v) is 9.25. The fourth-order valence-corrected chi connectivity index (χ4v) is 3.64. The lowest BCUT2D eigenvalue weighted by Crippen LogP contribution is -2.41. The van der Waals surface area contributed by atoms with Crippen LogP contribution in [0, 0.1) is 17.8 Å². The van der Waals surface area contributed by atoms with Crippen molar-refractivity contribution in [1.29, 1.82) is 0 Å². The predicted molar refractivity (Wildman–Crippen MR) is 122 cm³/mol. The molecule has 0 bridgehead atoms. The molecule has 5 heteroatoms. The number of hydrogen-bond acceptors (Lipinski definition) is 3. The van der Waals surface area contributed by atoms with Gasteiger partial charge in [-0.3, -0.25) is 0 Å². The van der Waals surface area contributed by atoms with E-state index in [-0.39, 0.29) is 12.0 Å². The molecule has 0 aromatic heterocycles. The van der Waals surface area contributed by atoms with Gasteiger partial charge in [0.1, 0.15) is 18.0 Å². The summed E-state index contributed by atoms with van der Waals surface area (Å²) < 4.78 is 12.4. The van der Waals surface area contributed by atoms with Crippen molar-refractivity contribution < 1.29 is 14.3 Å². The Bertz CT molecular complexity index is 917. The minimum Gasteiger partial charge on any atom is -0.488 e. The van der Waals surface area contributed by atoms with Crippen LogP contribution in [0.3, 0.4) is 0 Å². The molecule has 0 radical (unpaired) electrons. The number of amides is 1. The minimum absolute atomic E-state index is 0.240. The minimum atomic E-state index is -0.469. The summed E-state index contributed by atoms with van der Waals surface area (Å²) in [5.74, 6) is 7.72. The van der Waals surface area contributed by atoms with Gasteiger partial charge in [0.25, 0.3) is 0 Å². The average molecular weight is 470 g/mol. The number of rotatable bonds is 3. The van der Waals surface area contributed by atoms with Gasteiger partial charge < -0.3 is 14.4 Å². The number of benzene rings is 2. The molecule has 0 spiro atoms. The van der Waals surface area contributed by atoms with Gasteiger partial charge >= 0.3 is 6.09 Å². The lowest BCUT2D eigenvalue weighted by atomic mass is 9.97. The van der Waals surface area contributed by atoms with E-state index in [2.05, 4.69) is 27.8 Å². The van der Waals surface area contributed by atoms with Crippen molar-refractivity contribution in [3.63, 3.8) is 0 Å². The highest BCUT2D eigenvalue weighted by molar-refractivity contribution is 9.10. The Morgan fingerprint density at radius 3 is 2.47 bits per heavy atom. The van der Waals surface area contributed by atoms with Gasteiger partial charge in [0.05, 0.1) is 5.56 Å². The number of carbonyl (C=O) groups excluding carboxylic acids is 1. The fraction of sp³-hybridized carbons (Fsp3) is 0.400. The number of halogens is 1. The maximum absolute atomic E-state index is 12.2. The summed E-state index contributed by atoms with van der Waals surface area (Å²) in [5, 5.41) is 0. The zero-order valence-corrected chi connectivity index (χ0v) is 19.4. The maximum atomic E-state index is 12.2. The molecular weight excluding hydrogens is 442 g/mol. The predicted octanol–water partition coefficient (Wildman–Crippen LogP) is 6.03. The van der Waals surface area contributed by atoms with Crippen molar-refractivity contribution in [2.24, 2.45) is 5.92 Å². The zero-order valence-electron chi connectivity index (χ0n) is 17.8. The first-order valence-corrected chi connectivity index (χ1v) is 11.1. The van der Waals surface area contributed by atoms with E-state index < -0.39 is 5.60 Å².